The maximum absolute atomic E-state index is 12.6. The summed E-state index contributed by atoms with van der Waals surface area (Å²) >= 11 is 0. The lowest BCUT2D eigenvalue weighted by molar-refractivity contribution is 0.397. The second-order valence-electron chi connectivity index (χ2n) is 4.49. The van der Waals surface area contributed by atoms with Crippen molar-refractivity contribution in [3.63, 3.8) is 0 Å². The predicted molar refractivity (Wildman–Crippen MR) is 77.6 cm³/mol. The van der Waals surface area contributed by atoms with E-state index in [0.717, 1.165) is 5.52 Å². The van der Waals surface area contributed by atoms with E-state index in [1.54, 1.807) is 38.6 Å². The topological polar surface area (TPSA) is 53.4 Å². The SMILES string of the molecule is COc1cc(OC)c2c(=O)c3cccnc3n(C)c2c1. The summed E-state index contributed by atoms with van der Waals surface area (Å²) in [6.45, 7) is 0. The van der Waals surface area contributed by atoms with Gasteiger partial charge < -0.3 is 14.0 Å². The first-order valence-electron chi connectivity index (χ1n) is 6.17. The number of fused-ring (bicyclic) bond motifs is 2. The van der Waals surface area contributed by atoms with Gasteiger partial charge in [-0.2, -0.15) is 0 Å². The molecule has 0 saturated carbocycles. The van der Waals surface area contributed by atoms with Gasteiger partial charge in [0.15, 0.2) is 0 Å². The number of ether oxygens (including phenoxy) is 2. The highest BCUT2D eigenvalue weighted by molar-refractivity contribution is 5.96. The Kier molecular flexibility index (Phi) is 2.82. The molecule has 0 saturated heterocycles. The van der Waals surface area contributed by atoms with Crippen molar-refractivity contribution in [1.82, 2.24) is 9.55 Å². The zero-order chi connectivity index (χ0) is 14.3. The molecule has 0 atom stereocenters. The maximum atomic E-state index is 12.6. The Balaban J connectivity index is 2.62. The van der Waals surface area contributed by atoms with Crippen LogP contribution in [0.2, 0.25) is 0 Å². The molecule has 5 nitrogen and oxygen atoms in total. The molecule has 3 aromatic rings. The molecule has 0 unspecified atom stereocenters. The number of aromatic nitrogens is 2. The lowest BCUT2D eigenvalue weighted by Crippen LogP contribution is -2.11. The van der Waals surface area contributed by atoms with E-state index >= 15 is 0 Å². The van der Waals surface area contributed by atoms with E-state index in [-0.39, 0.29) is 5.43 Å². The molecule has 0 aliphatic carbocycles. The minimum Gasteiger partial charge on any atom is -0.497 e. The number of nitrogens with zero attached hydrogens (tertiary/aromatic N) is 2. The molecular weight excluding hydrogens is 256 g/mol. The molecule has 0 amide bonds. The van der Waals surface area contributed by atoms with Crippen molar-refractivity contribution in [2.45, 2.75) is 0 Å². The van der Waals surface area contributed by atoms with Crippen LogP contribution in [0.4, 0.5) is 0 Å². The average molecular weight is 270 g/mol. The normalized spacial score (nSPS) is 10.9. The van der Waals surface area contributed by atoms with Gasteiger partial charge in [-0.25, -0.2) is 4.98 Å². The highest BCUT2D eigenvalue weighted by atomic mass is 16.5. The molecule has 0 aliphatic heterocycles. The van der Waals surface area contributed by atoms with Gasteiger partial charge in [0.2, 0.25) is 5.43 Å². The van der Waals surface area contributed by atoms with Gasteiger partial charge in [0.25, 0.3) is 0 Å². The van der Waals surface area contributed by atoms with Crippen LogP contribution in [-0.2, 0) is 7.05 Å². The minimum absolute atomic E-state index is 0.0827. The molecule has 0 spiro atoms. The Morgan fingerprint density at radius 2 is 2.00 bits per heavy atom. The third-order valence-electron chi connectivity index (χ3n) is 3.45. The van der Waals surface area contributed by atoms with Crippen molar-refractivity contribution >= 4 is 21.9 Å². The third-order valence-corrected chi connectivity index (χ3v) is 3.45. The molecule has 3 rings (SSSR count). The van der Waals surface area contributed by atoms with Gasteiger partial charge in [-0.05, 0) is 12.1 Å². The monoisotopic (exact) mass is 270 g/mol. The van der Waals surface area contributed by atoms with E-state index in [1.165, 1.54) is 0 Å². The fourth-order valence-electron chi connectivity index (χ4n) is 2.44. The number of pyridine rings is 2. The zero-order valence-corrected chi connectivity index (χ0v) is 11.5. The smallest absolute Gasteiger partial charge is 0.202 e. The third kappa shape index (κ3) is 1.63. The lowest BCUT2D eigenvalue weighted by Gasteiger charge is -2.13. The van der Waals surface area contributed by atoms with Crippen LogP contribution in [0.5, 0.6) is 11.5 Å². The van der Waals surface area contributed by atoms with E-state index in [0.29, 0.717) is 27.9 Å². The number of hydrogen-bond donors (Lipinski definition) is 0. The number of rotatable bonds is 2. The van der Waals surface area contributed by atoms with E-state index in [1.807, 2.05) is 17.7 Å². The summed E-state index contributed by atoms with van der Waals surface area (Å²) in [6, 6.07) is 7.05. The summed E-state index contributed by atoms with van der Waals surface area (Å²) in [5.74, 6) is 1.14. The van der Waals surface area contributed by atoms with E-state index < -0.39 is 0 Å². The van der Waals surface area contributed by atoms with Crippen LogP contribution in [0.15, 0.2) is 35.3 Å². The highest BCUT2D eigenvalue weighted by Crippen LogP contribution is 2.30. The van der Waals surface area contributed by atoms with Gasteiger partial charge in [-0.3, -0.25) is 4.79 Å². The van der Waals surface area contributed by atoms with Crippen molar-refractivity contribution in [1.29, 1.82) is 0 Å². The van der Waals surface area contributed by atoms with E-state index in [4.69, 9.17) is 9.47 Å². The molecule has 0 N–H and O–H groups in total. The standard InChI is InChI=1S/C15H14N2O3/c1-17-11-7-9(19-2)8-12(20-3)13(11)14(18)10-5-4-6-16-15(10)17/h4-8H,1-3H3. The van der Waals surface area contributed by atoms with Gasteiger partial charge in [-0.1, -0.05) is 0 Å². The summed E-state index contributed by atoms with van der Waals surface area (Å²) in [4.78, 5) is 16.9. The van der Waals surface area contributed by atoms with Crippen LogP contribution < -0.4 is 14.9 Å². The molecule has 5 heteroatoms. The highest BCUT2D eigenvalue weighted by Gasteiger charge is 2.15. The summed E-state index contributed by atoms with van der Waals surface area (Å²) in [5, 5.41) is 1.11. The molecule has 2 heterocycles. The first-order valence-corrected chi connectivity index (χ1v) is 6.17. The van der Waals surface area contributed by atoms with Crippen molar-refractivity contribution in [3.05, 3.63) is 40.7 Å². The quantitative estimate of drug-likeness (QED) is 0.669. The number of benzene rings is 1. The summed E-state index contributed by atoms with van der Waals surface area (Å²) < 4.78 is 12.5. The van der Waals surface area contributed by atoms with Crippen LogP contribution in [0.1, 0.15) is 0 Å². The van der Waals surface area contributed by atoms with Crippen molar-refractivity contribution in [2.24, 2.45) is 7.05 Å². The Labute approximate surface area is 115 Å². The second kappa shape index (κ2) is 4.52. The lowest BCUT2D eigenvalue weighted by atomic mass is 10.1. The van der Waals surface area contributed by atoms with Crippen LogP contribution in [0, 0.1) is 0 Å². The first kappa shape index (κ1) is 12.5. The molecule has 20 heavy (non-hydrogen) atoms. The minimum atomic E-state index is -0.0827. The van der Waals surface area contributed by atoms with Gasteiger partial charge in [-0.15, -0.1) is 0 Å². The largest absolute Gasteiger partial charge is 0.497 e. The van der Waals surface area contributed by atoms with Crippen molar-refractivity contribution < 1.29 is 9.47 Å². The second-order valence-corrected chi connectivity index (χ2v) is 4.49. The number of hydrogen-bond acceptors (Lipinski definition) is 4. The molecule has 0 aliphatic rings. The molecule has 0 radical (unpaired) electrons. The van der Waals surface area contributed by atoms with Gasteiger partial charge in [0.1, 0.15) is 17.1 Å². The van der Waals surface area contributed by atoms with Gasteiger partial charge in [0.05, 0.1) is 30.5 Å². The summed E-state index contributed by atoms with van der Waals surface area (Å²) in [7, 11) is 5.00. The van der Waals surface area contributed by atoms with E-state index in [2.05, 4.69) is 4.98 Å². The molecule has 0 bridgehead atoms. The Hall–Kier alpha value is -2.56. The van der Waals surface area contributed by atoms with Crippen molar-refractivity contribution in [2.75, 3.05) is 14.2 Å². The van der Waals surface area contributed by atoms with Crippen LogP contribution in [0.25, 0.3) is 21.9 Å². The summed E-state index contributed by atoms with van der Waals surface area (Å²) in [6.07, 6.45) is 1.67. The van der Waals surface area contributed by atoms with Crippen LogP contribution >= 0.6 is 0 Å². The fraction of sp³-hybridized carbons (Fsp3) is 0.200. The van der Waals surface area contributed by atoms with Crippen LogP contribution in [0.3, 0.4) is 0 Å². The Morgan fingerprint density at radius 3 is 2.70 bits per heavy atom. The molecular formula is C15H14N2O3. The zero-order valence-electron chi connectivity index (χ0n) is 11.5. The fourth-order valence-corrected chi connectivity index (χ4v) is 2.44. The Morgan fingerprint density at radius 1 is 1.20 bits per heavy atom. The molecule has 2 aromatic heterocycles. The molecule has 0 fully saturated rings. The maximum Gasteiger partial charge on any atom is 0.202 e. The van der Waals surface area contributed by atoms with Crippen molar-refractivity contribution in [3.8, 4) is 11.5 Å². The average Bonchev–Trinajstić information content (AvgIpc) is 2.51. The number of methoxy groups -OCH3 is 2. The van der Waals surface area contributed by atoms with Gasteiger partial charge >= 0.3 is 0 Å². The van der Waals surface area contributed by atoms with Gasteiger partial charge in [0, 0.05) is 25.4 Å². The Bertz CT molecular complexity index is 868. The predicted octanol–water partition coefficient (Wildman–Crippen LogP) is 2.10. The van der Waals surface area contributed by atoms with E-state index in [9.17, 15) is 4.79 Å². The number of aryl methyl sites for hydroxylation is 1. The molecule has 102 valence electrons. The first-order chi connectivity index (χ1) is 9.67. The summed E-state index contributed by atoms with van der Waals surface area (Å²) in [5.41, 5.74) is 1.29. The molecule has 1 aromatic carbocycles. The van der Waals surface area contributed by atoms with Crippen LogP contribution in [-0.4, -0.2) is 23.8 Å².